The Morgan fingerprint density at radius 3 is 1.22 bits per heavy atom. The predicted octanol–water partition coefficient (Wildman–Crippen LogP) is 3.03. The molecule has 0 heterocycles. The van der Waals surface area contributed by atoms with Crippen LogP contribution in [0.15, 0.2) is 10.2 Å². The highest BCUT2D eigenvalue weighted by Crippen LogP contribution is 2.29. The van der Waals surface area contributed by atoms with E-state index in [-0.39, 0.29) is 36.1 Å². The van der Waals surface area contributed by atoms with E-state index >= 15 is 0 Å². The van der Waals surface area contributed by atoms with Crippen molar-refractivity contribution in [1.82, 2.24) is 0 Å². The maximum absolute atomic E-state index is 9.35. The van der Waals surface area contributed by atoms with E-state index in [0.29, 0.717) is 0 Å². The van der Waals surface area contributed by atoms with Crippen LogP contribution in [0.1, 0.15) is 54.4 Å². The second-order valence-corrected chi connectivity index (χ2v) is 6.08. The van der Waals surface area contributed by atoms with Crippen molar-refractivity contribution in [2.45, 2.75) is 65.5 Å². The number of hydrogen-bond acceptors (Lipinski definition) is 4. The van der Waals surface area contributed by atoms with Crippen molar-refractivity contribution in [2.24, 2.45) is 22.1 Å². The molecule has 0 fully saturated rings. The maximum atomic E-state index is 9.35. The van der Waals surface area contributed by atoms with E-state index < -0.39 is 0 Å². The van der Waals surface area contributed by atoms with Crippen LogP contribution in [0.4, 0.5) is 0 Å². The topological polar surface area (TPSA) is 65.2 Å². The largest absolute Gasteiger partial charge is 0.396 e. The molecular weight excluding hydrogens is 228 g/mol. The van der Waals surface area contributed by atoms with Gasteiger partial charge >= 0.3 is 0 Å². The van der Waals surface area contributed by atoms with Crippen LogP contribution in [0.2, 0.25) is 0 Å². The summed E-state index contributed by atoms with van der Waals surface area (Å²) in [5.74, 6) is 0.234. The van der Waals surface area contributed by atoms with Crippen LogP contribution in [0.5, 0.6) is 0 Å². The fraction of sp³-hybridized carbons (Fsp3) is 1.00. The molecule has 0 aliphatic rings. The van der Waals surface area contributed by atoms with E-state index in [1.807, 2.05) is 41.5 Å². The molecule has 0 aromatic carbocycles. The first-order valence-electron chi connectivity index (χ1n) is 6.90. The van der Waals surface area contributed by atoms with Crippen LogP contribution in [-0.2, 0) is 0 Å². The number of azo groups is 1. The zero-order valence-corrected chi connectivity index (χ0v) is 12.8. The van der Waals surface area contributed by atoms with Crippen LogP contribution in [0, 0.1) is 11.8 Å². The van der Waals surface area contributed by atoms with Gasteiger partial charge in [-0.05, 0) is 40.5 Å². The van der Waals surface area contributed by atoms with Crippen molar-refractivity contribution in [3.63, 3.8) is 0 Å². The molecule has 0 aromatic heterocycles. The van der Waals surface area contributed by atoms with Gasteiger partial charge in [0.25, 0.3) is 0 Å². The third-order valence-electron chi connectivity index (χ3n) is 3.99. The van der Waals surface area contributed by atoms with Gasteiger partial charge in [0.05, 0.1) is 11.1 Å². The summed E-state index contributed by atoms with van der Waals surface area (Å²) in [6.45, 7) is 12.3. The van der Waals surface area contributed by atoms with Crippen molar-refractivity contribution in [1.29, 1.82) is 0 Å². The highest BCUT2D eigenvalue weighted by molar-refractivity contribution is 4.88. The first-order chi connectivity index (χ1) is 8.25. The summed E-state index contributed by atoms with van der Waals surface area (Å²) >= 11 is 0. The van der Waals surface area contributed by atoms with Crippen LogP contribution in [-0.4, -0.2) is 34.5 Å². The van der Waals surface area contributed by atoms with Gasteiger partial charge < -0.3 is 10.2 Å². The van der Waals surface area contributed by atoms with E-state index in [1.165, 1.54) is 0 Å². The number of aliphatic hydroxyl groups is 2. The smallest absolute Gasteiger partial charge is 0.0809 e. The fourth-order valence-corrected chi connectivity index (χ4v) is 2.13. The zero-order valence-electron chi connectivity index (χ0n) is 12.8. The molecule has 108 valence electrons. The highest BCUT2D eigenvalue weighted by atomic mass is 16.3. The molecule has 0 radical (unpaired) electrons. The monoisotopic (exact) mass is 258 g/mol. The summed E-state index contributed by atoms with van der Waals surface area (Å²) in [4.78, 5) is 0. The predicted molar refractivity (Wildman–Crippen MR) is 74.7 cm³/mol. The average molecular weight is 258 g/mol. The van der Waals surface area contributed by atoms with Crippen molar-refractivity contribution in [3.05, 3.63) is 0 Å². The van der Waals surface area contributed by atoms with Gasteiger partial charge in [-0.25, -0.2) is 0 Å². The van der Waals surface area contributed by atoms with Gasteiger partial charge in [0.15, 0.2) is 0 Å². The Kier molecular flexibility index (Phi) is 7.00. The molecular formula is C14H30N2O2. The summed E-state index contributed by atoms with van der Waals surface area (Å²) in [6, 6.07) is 0. The van der Waals surface area contributed by atoms with Crippen molar-refractivity contribution in [3.8, 4) is 0 Å². The van der Waals surface area contributed by atoms with Crippen molar-refractivity contribution >= 4 is 0 Å². The SMILES string of the molecule is CCC(CO)C(C)(C)N=NC(C)(C)C(CC)CO. The van der Waals surface area contributed by atoms with Crippen LogP contribution in [0.3, 0.4) is 0 Å². The Balaban J connectivity index is 4.90. The normalized spacial score (nSPS) is 17.1. The lowest BCUT2D eigenvalue weighted by Crippen LogP contribution is -2.35. The van der Waals surface area contributed by atoms with Crippen molar-refractivity contribution < 1.29 is 10.2 Å². The summed E-state index contributed by atoms with van der Waals surface area (Å²) in [7, 11) is 0. The molecule has 0 saturated heterocycles. The Morgan fingerprint density at radius 1 is 0.778 bits per heavy atom. The van der Waals surface area contributed by atoms with E-state index in [1.54, 1.807) is 0 Å². The van der Waals surface area contributed by atoms with Gasteiger partial charge in [-0.2, -0.15) is 10.2 Å². The second-order valence-electron chi connectivity index (χ2n) is 6.08. The highest BCUT2D eigenvalue weighted by Gasteiger charge is 2.31. The van der Waals surface area contributed by atoms with Gasteiger partial charge in [0.1, 0.15) is 0 Å². The standard InChI is InChI=1S/C14H30N2O2/c1-7-11(9-17)13(3,4)15-16-14(5,6)12(8-2)10-18/h11-12,17-18H,7-10H2,1-6H3. The Bertz CT molecular complexity index is 229. The minimum atomic E-state index is -0.367. The fourth-order valence-electron chi connectivity index (χ4n) is 2.13. The van der Waals surface area contributed by atoms with E-state index in [0.717, 1.165) is 12.8 Å². The van der Waals surface area contributed by atoms with Gasteiger partial charge in [-0.1, -0.05) is 13.8 Å². The summed E-state index contributed by atoms with van der Waals surface area (Å²) < 4.78 is 0. The van der Waals surface area contributed by atoms with Crippen LogP contribution in [0.25, 0.3) is 0 Å². The molecule has 2 unspecified atom stereocenters. The molecule has 0 saturated carbocycles. The summed E-state index contributed by atoms with van der Waals surface area (Å²) in [5, 5.41) is 27.6. The van der Waals surface area contributed by atoms with Crippen LogP contribution >= 0.6 is 0 Å². The van der Waals surface area contributed by atoms with Crippen LogP contribution < -0.4 is 0 Å². The van der Waals surface area contributed by atoms with E-state index in [9.17, 15) is 10.2 Å². The quantitative estimate of drug-likeness (QED) is 0.657. The zero-order chi connectivity index (χ0) is 14.4. The minimum Gasteiger partial charge on any atom is -0.396 e. The van der Waals surface area contributed by atoms with Gasteiger partial charge in [0, 0.05) is 25.0 Å². The van der Waals surface area contributed by atoms with E-state index in [4.69, 9.17) is 0 Å². The van der Waals surface area contributed by atoms with Gasteiger partial charge in [-0.15, -0.1) is 0 Å². The number of hydrogen-bond donors (Lipinski definition) is 2. The van der Waals surface area contributed by atoms with Gasteiger partial charge in [-0.3, -0.25) is 0 Å². The van der Waals surface area contributed by atoms with Gasteiger partial charge in [0.2, 0.25) is 0 Å². The molecule has 0 rings (SSSR count). The third kappa shape index (κ3) is 4.65. The minimum absolute atomic E-state index is 0.117. The number of nitrogens with zero attached hydrogens (tertiary/aromatic N) is 2. The lowest BCUT2D eigenvalue weighted by Gasteiger charge is -2.31. The third-order valence-corrected chi connectivity index (χ3v) is 3.99. The molecule has 0 aliphatic carbocycles. The molecule has 2 N–H and O–H groups in total. The first kappa shape index (κ1) is 17.5. The number of aliphatic hydroxyl groups excluding tert-OH is 2. The van der Waals surface area contributed by atoms with E-state index in [2.05, 4.69) is 10.2 Å². The number of rotatable bonds is 8. The molecule has 0 aromatic rings. The lowest BCUT2D eigenvalue weighted by atomic mass is 9.86. The molecule has 2 atom stereocenters. The summed E-state index contributed by atoms with van der Waals surface area (Å²) in [5.41, 5.74) is -0.733. The second kappa shape index (κ2) is 7.19. The first-order valence-corrected chi connectivity index (χ1v) is 6.90. The average Bonchev–Trinajstić information content (AvgIpc) is 2.29. The Labute approximate surface area is 112 Å². The molecule has 4 nitrogen and oxygen atoms in total. The lowest BCUT2D eigenvalue weighted by molar-refractivity contribution is 0.143. The molecule has 0 amide bonds. The Morgan fingerprint density at radius 2 is 1.06 bits per heavy atom. The molecule has 4 heteroatoms. The maximum Gasteiger partial charge on any atom is 0.0809 e. The summed E-state index contributed by atoms with van der Waals surface area (Å²) in [6.07, 6.45) is 1.75. The molecule has 0 spiro atoms. The molecule has 18 heavy (non-hydrogen) atoms. The molecule has 0 bridgehead atoms. The molecule has 0 aliphatic heterocycles. The Hall–Kier alpha value is -0.480. The van der Waals surface area contributed by atoms with Crippen molar-refractivity contribution in [2.75, 3.05) is 13.2 Å².